The number of carbonyl (C=O) groups excluding carboxylic acids is 3. The van der Waals surface area contributed by atoms with Crippen molar-refractivity contribution in [2.24, 2.45) is 7.05 Å². The fraction of sp³-hybridized carbons (Fsp3) is 0.316. The van der Waals surface area contributed by atoms with Crippen molar-refractivity contribution in [3.63, 3.8) is 0 Å². The molecule has 0 saturated carbocycles. The number of amides is 3. The zero-order valence-electron chi connectivity index (χ0n) is 14.5. The molecule has 1 aromatic carbocycles. The number of aromatic nitrogens is 1. The summed E-state index contributed by atoms with van der Waals surface area (Å²) in [5.41, 5.74) is 1.95. The van der Waals surface area contributed by atoms with E-state index in [1.807, 2.05) is 42.1 Å². The Kier molecular flexibility index (Phi) is 4.32. The standard InChI is InChI=1S/C19H19N3O3S/c1-20-11-13(14-6-2-3-7-15(14)20)10-16-18(24)22(19(25)26-16)12-17(23)21-8-4-5-9-21/h2-3,6-7,10-11H,4-5,8-9,12H2,1H3/b16-10+. The summed E-state index contributed by atoms with van der Waals surface area (Å²) in [5.74, 6) is -0.545. The van der Waals surface area contributed by atoms with Crippen LogP contribution in [0.2, 0.25) is 0 Å². The lowest BCUT2D eigenvalue weighted by atomic mass is 10.1. The van der Waals surface area contributed by atoms with Crippen LogP contribution in [-0.4, -0.2) is 51.1 Å². The zero-order valence-corrected chi connectivity index (χ0v) is 15.3. The largest absolute Gasteiger partial charge is 0.350 e. The molecule has 2 saturated heterocycles. The van der Waals surface area contributed by atoms with Crippen LogP contribution in [-0.2, 0) is 16.6 Å². The van der Waals surface area contributed by atoms with Gasteiger partial charge in [-0.15, -0.1) is 0 Å². The van der Waals surface area contributed by atoms with Crippen molar-refractivity contribution in [2.45, 2.75) is 12.8 Å². The highest BCUT2D eigenvalue weighted by Gasteiger charge is 2.37. The number of imide groups is 1. The first kappa shape index (κ1) is 16.9. The fourth-order valence-corrected chi connectivity index (χ4v) is 4.30. The Morgan fingerprint density at radius 3 is 2.69 bits per heavy atom. The van der Waals surface area contributed by atoms with Gasteiger partial charge in [0, 0.05) is 42.8 Å². The third-order valence-electron chi connectivity index (χ3n) is 4.84. The minimum Gasteiger partial charge on any atom is -0.350 e. The summed E-state index contributed by atoms with van der Waals surface area (Å²) in [4.78, 5) is 40.3. The lowest BCUT2D eigenvalue weighted by molar-refractivity contribution is -0.135. The Balaban J connectivity index is 1.58. The van der Waals surface area contributed by atoms with E-state index in [0.29, 0.717) is 18.0 Å². The second kappa shape index (κ2) is 6.64. The monoisotopic (exact) mass is 369 g/mol. The summed E-state index contributed by atoms with van der Waals surface area (Å²) in [6.45, 7) is 1.25. The van der Waals surface area contributed by atoms with Gasteiger partial charge >= 0.3 is 0 Å². The van der Waals surface area contributed by atoms with E-state index in [-0.39, 0.29) is 23.6 Å². The Morgan fingerprint density at radius 2 is 1.92 bits per heavy atom. The van der Waals surface area contributed by atoms with Gasteiger partial charge in [-0.1, -0.05) is 18.2 Å². The number of thioether (sulfide) groups is 1. The van der Waals surface area contributed by atoms with Crippen molar-refractivity contribution in [1.82, 2.24) is 14.4 Å². The Morgan fingerprint density at radius 1 is 1.19 bits per heavy atom. The third-order valence-corrected chi connectivity index (χ3v) is 5.75. The maximum atomic E-state index is 12.7. The molecule has 3 heterocycles. The van der Waals surface area contributed by atoms with Crippen molar-refractivity contribution < 1.29 is 14.4 Å². The minimum atomic E-state index is -0.388. The molecule has 2 aliphatic rings. The van der Waals surface area contributed by atoms with Gasteiger partial charge in [-0.2, -0.15) is 0 Å². The number of benzene rings is 1. The van der Waals surface area contributed by atoms with Gasteiger partial charge in [-0.25, -0.2) is 0 Å². The molecule has 0 bridgehead atoms. The first-order valence-corrected chi connectivity index (χ1v) is 9.43. The minimum absolute atomic E-state index is 0.156. The second-order valence-corrected chi connectivity index (χ2v) is 7.56. The lowest BCUT2D eigenvalue weighted by Gasteiger charge is -2.18. The van der Waals surface area contributed by atoms with E-state index in [2.05, 4.69) is 0 Å². The van der Waals surface area contributed by atoms with Crippen LogP contribution < -0.4 is 0 Å². The van der Waals surface area contributed by atoms with Crippen LogP contribution in [0.25, 0.3) is 17.0 Å². The molecule has 0 spiro atoms. The number of carbonyl (C=O) groups is 3. The molecule has 2 aliphatic heterocycles. The van der Waals surface area contributed by atoms with Gasteiger partial charge in [0.25, 0.3) is 11.1 Å². The third kappa shape index (κ3) is 2.92. The predicted molar refractivity (Wildman–Crippen MR) is 101 cm³/mol. The number of fused-ring (bicyclic) bond motifs is 1. The molecule has 0 atom stereocenters. The number of nitrogens with zero attached hydrogens (tertiary/aromatic N) is 3. The number of para-hydroxylation sites is 1. The van der Waals surface area contributed by atoms with Crippen molar-refractivity contribution in [3.8, 4) is 0 Å². The molecule has 0 N–H and O–H groups in total. The number of hydrogen-bond acceptors (Lipinski definition) is 4. The summed E-state index contributed by atoms with van der Waals surface area (Å²) in [7, 11) is 1.94. The van der Waals surface area contributed by atoms with Gasteiger partial charge in [0.1, 0.15) is 6.54 Å². The Bertz CT molecular complexity index is 941. The van der Waals surface area contributed by atoms with Crippen LogP contribution in [0.3, 0.4) is 0 Å². The average Bonchev–Trinajstić information content (AvgIpc) is 3.33. The van der Waals surface area contributed by atoms with Crippen LogP contribution in [0.15, 0.2) is 35.4 Å². The lowest BCUT2D eigenvalue weighted by Crippen LogP contribution is -2.40. The first-order valence-electron chi connectivity index (χ1n) is 8.62. The highest BCUT2D eigenvalue weighted by molar-refractivity contribution is 8.18. The molecule has 26 heavy (non-hydrogen) atoms. The van der Waals surface area contributed by atoms with Gasteiger partial charge in [-0.3, -0.25) is 19.3 Å². The second-order valence-electron chi connectivity index (χ2n) is 6.57. The highest BCUT2D eigenvalue weighted by atomic mass is 32.2. The average molecular weight is 369 g/mol. The number of aryl methyl sites for hydroxylation is 1. The maximum Gasteiger partial charge on any atom is 0.294 e. The molecule has 7 heteroatoms. The van der Waals surface area contributed by atoms with E-state index in [9.17, 15) is 14.4 Å². The first-order chi connectivity index (χ1) is 12.5. The topological polar surface area (TPSA) is 62.6 Å². The zero-order chi connectivity index (χ0) is 18.3. The van der Waals surface area contributed by atoms with Gasteiger partial charge in [-0.05, 0) is 36.7 Å². The molecule has 6 nitrogen and oxygen atoms in total. The van der Waals surface area contributed by atoms with Crippen LogP contribution >= 0.6 is 11.8 Å². The van der Waals surface area contributed by atoms with E-state index >= 15 is 0 Å². The smallest absolute Gasteiger partial charge is 0.294 e. The van der Waals surface area contributed by atoms with Crippen LogP contribution in [0.4, 0.5) is 4.79 Å². The fourth-order valence-electron chi connectivity index (χ4n) is 3.47. The van der Waals surface area contributed by atoms with E-state index in [0.717, 1.165) is 46.0 Å². The molecule has 2 aromatic rings. The molecule has 2 fully saturated rings. The quantitative estimate of drug-likeness (QED) is 0.781. The normalized spacial score (nSPS) is 19.3. The van der Waals surface area contributed by atoms with Crippen molar-refractivity contribution in [2.75, 3.05) is 19.6 Å². The van der Waals surface area contributed by atoms with Crippen LogP contribution in [0.1, 0.15) is 18.4 Å². The molecule has 0 radical (unpaired) electrons. The molecular formula is C19H19N3O3S. The highest BCUT2D eigenvalue weighted by Crippen LogP contribution is 2.34. The van der Waals surface area contributed by atoms with E-state index < -0.39 is 0 Å². The van der Waals surface area contributed by atoms with Crippen LogP contribution in [0, 0.1) is 0 Å². The summed E-state index contributed by atoms with van der Waals surface area (Å²) in [6, 6.07) is 7.90. The molecule has 3 amide bonds. The van der Waals surface area contributed by atoms with E-state index in [1.165, 1.54) is 0 Å². The van der Waals surface area contributed by atoms with Crippen molar-refractivity contribution in [1.29, 1.82) is 0 Å². The van der Waals surface area contributed by atoms with Gasteiger partial charge in [0.2, 0.25) is 5.91 Å². The molecule has 0 aliphatic carbocycles. The predicted octanol–water partition coefficient (Wildman–Crippen LogP) is 2.84. The van der Waals surface area contributed by atoms with Gasteiger partial charge < -0.3 is 9.47 Å². The molecule has 1 aromatic heterocycles. The molecule has 4 rings (SSSR count). The van der Waals surface area contributed by atoms with E-state index in [1.54, 1.807) is 11.0 Å². The Hall–Kier alpha value is -2.54. The Labute approximate surface area is 155 Å². The summed E-state index contributed by atoms with van der Waals surface area (Å²) < 4.78 is 1.99. The number of hydrogen-bond donors (Lipinski definition) is 0. The van der Waals surface area contributed by atoms with Crippen molar-refractivity contribution >= 4 is 45.8 Å². The van der Waals surface area contributed by atoms with Gasteiger partial charge in [0.15, 0.2) is 0 Å². The summed E-state index contributed by atoms with van der Waals surface area (Å²) in [5, 5.41) is 0.643. The molecule has 0 unspecified atom stereocenters. The SMILES string of the molecule is Cn1cc(/C=C2/SC(=O)N(CC(=O)N3CCCC3)C2=O)c2ccccc21. The van der Waals surface area contributed by atoms with Crippen molar-refractivity contribution in [3.05, 3.63) is 40.9 Å². The van der Waals surface area contributed by atoms with Gasteiger partial charge in [0.05, 0.1) is 4.91 Å². The van der Waals surface area contributed by atoms with Crippen LogP contribution in [0.5, 0.6) is 0 Å². The number of likely N-dealkylation sites (tertiary alicyclic amines) is 1. The molecular weight excluding hydrogens is 350 g/mol. The summed E-state index contributed by atoms with van der Waals surface area (Å²) >= 11 is 0.898. The summed E-state index contributed by atoms with van der Waals surface area (Å²) in [6.07, 6.45) is 5.64. The maximum absolute atomic E-state index is 12.7. The van der Waals surface area contributed by atoms with E-state index in [4.69, 9.17) is 0 Å². The molecule has 134 valence electrons. The number of rotatable bonds is 3.